The second-order valence-electron chi connectivity index (χ2n) is 5.49. The number of ether oxygens (including phenoxy) is 1. The summed E-state index contributed by atoms with van der Waals surface area (Å²) in [5.41, 5.74) is 6.00. The number of halogens is 2. The lowest BCUT2D eigenvalue weighted by molar-refractivity contribution is -0.146. The fourth-order valence-corrected chi connectivity index (χ4v) is 2.88. The first-order chi connectivity index (χ1) is 9.98. The highest BCUT2D eigenvalue weighted by atomic mass is 35.5. The highest BCUT2D eigenvalue weighted by Crippen LogP contribution is 2.32. The highest BCUT2D eigenvalue weighted by Gasteiger charge is 2.40. The fourth-order valence-electron chi connectivity index (χ4n) is 2.65. The van der Waals surface area contributed by atoms with E-state index in [1.54, 1.807) is 18.0 Å². The van der Waals surface area contributed by atoms with Crippen molar-refractivity contribution in [2.45, 2.75) is 19.4 Å². The Hall–Kier alpha value is -1.17. The maximum Gasteiger partial charge on any atom is 0.230 e. The molecule has 1 aromatic rings. The number of hydrogen-bond donors (Lipinski definition) is 1. The van der Waals surface area contributed by atoms with Crippen LogP contribution in [-0.2, 0) is 16.1 Å². The van der Waals surface area contributed by atoms with Crippen molar-refractivity contribution in [3.05, 3.63) is 34.6 Å². The van der Waals surface area contributed by atoms with Crippen LogP contribution in [0.2, 0.25) is 5.02 Å². The zero-order chi connectivity index (χ0) is 15.5. The van der Waals surface area contributed by atoms with Crippen molar-refractivity contribution < 1.29 is 13.9 Å². The largest absolute Gasteiger partial charge is 0.381 e. The third kappa shape index (κ3) is 3.54. The minimum Gasteiger partial charge on any atom is -0.381 e. The average Bonchev–Trinajstić information content (AvgIpc) is 2.50. The Morgan fingerprint density at radius 2 is 2.14 bits per heavy atom. The molecule has 2 N–H and O–H groups in total. The summed E-state index contributed by atoms with van der Waals surface area (Å²) in [6.45, 7) is 1.74. The molecule has 1 fully saturated rings. The molecule has 2 rings (SSSR count). The van der Waals surface area contributed by atoms with Gasteiger partial charge in [0, 0.05) is 38.4 Å². The quantitative estimate of drug-likeness (QED) is 0.927. The third-order valence-electron chi connectivity index (χ3n) is 4.06. The van der Waals surface area contributed by atoms with Crippen LogP contribution in [0.4, 0.5) is 4.39 Å². The van der Waals surface area contributed by atoms with E-state index in [1.807, 2.05) is 0 Å². The van der Waals surface area contributed by atoms with Gasteiger partial charge in [0.1, 0.15) is 5.82 Å². The first-order valence-corrected chi connectivity index (χ1v) is 7.33. The summed E-state index contributed by atoms with van der Waals surface area (Å²) in [6, 6.07) is 4.19. The van der Waals surface area contributed by atoms with Crippen molar-refractivity contribution >= 4 is 17.5 Å². The SMILES string of the molecule is CN(Cc1ccc(F)cc1Cl)C(=O)C1(CN)CCOCC1. The Balaban J connectivity index is 2.11. The van der Waals surface area contributed by atoms with E-state index < -0.39 is 5.41 Å². The molecule has 1 aromatic carbocycles. The smallest absolute Gasteiger partial charge is 0.230 e. The maximum absolute atomic E-state index is 13.1. The molecule has 116 valence electrons. The summed E-state index contributed by atoms with van der Waals surface area (Å²) < 4.78 is 18.4. The van der Waals surface area contributed by atoms with Crippen LogP contribution in [0, 0.1) is 11.2 Å². The summed E-state index contributed by atoms with van der Waals surface area (Å²) >= 11 is 6.01. The van der Waals surface area contributed by atoms with Crippen molar-refractivity contribution in [2.24, 2.45) is 11.1 Å². The van der Waals surface area contributed by atoms with Gasteiger partial charge >= 0.3 is 0 Å². The zero-order valence-electron chi connectivity index (χ0n) is 12.1. The van der Waals surface area contributed by atoms with Crippen molar-refractivity contribution in [3.8, 4) is 0 Å². The van der Waals surface area contributed by atoms with Crippen molar-refractivity contribution in [1.29, 1.82) is 0 Å². The van der Waals surface area contributed by atoms with Gasteiger partial charge in [-0.25, -0.2) is 4.39 Å². The Morgan fingerprint density at radius 3 is 2.71 bits per heavy atom. The Kier molecular flexibility index (Phi) is 5.19. The molecule has 0 radical (unpaired) electrons. The molecule has 1 heterocycles. The summed E-state index contributed by atoms with van der Waals surface area (Å²) in [6.07, 6.45) is 1.26. The number of amides is 1. The minimum atomic E-state index is -0.556. The van der Waals surface area contributed by atoms with Crippen molar-refractivity contribution in [2.75, 3.05) is 26.8 Å². The molecular weight excluding hydrogens is 295 g/mol. The third-order valence-corrected chi connectivity index (χ3v) is 4.42. The van der Waals surface area contributed by atoms with Gasteiger partial charge in [0.25, 0.3) is 0 Å². The van der Waals surface area contributed by atoms with Crippen LogP contribution in [-0.4, -0.2) is 37.6 Å². The van der Waals surface area contributed by atoms with Gasteiger partial charge < -0.3 is 15.4 Å². The molecule has 0 atom stereocenters. The van der Waals surface area contributed by atoms with E-state index in [0.717, 1.165) is 0 Å². The number of nitrogens with two attached hydrogens (primary N) is 1. The molecule has 1 aliphatic heterocycles. The predicted octanol–water partition coefficient (Wildman–Crippen LogP) is 2.19. The van der Waals surface area contributed by atoms with E-state index in [2.05, 4.69) is 0 Å². The lowest BCUT2D eigenvalue weighted by atomic mass is 9.79. The number of benzene rings is 1. The van der Waals surface area contributed by atoms with E-state index in [1.165, 1.54) is 12.1 Å². The molecule has 4 nitrogen and oxygen atoms in total. The molecule has 0 spiro atoms. The zero-order valence-corrected chi connectivity index (χ0v) is 12.8. The summed E-state index contributed by atoms with van der Waals surface area (Å²) in [5, 5.41) is 0.323. The molecule has 0 saturated carbocycles. The molecule has 21 heavy (non-hydrogen) atoms. The standard InChI is InChI=1S/C15H20ClFN2O2/c1-19(9-11-2-3-12(17)8-13(11)16)14(20)15(10-18)4-6-21-7-5-15/h2-3,8H,4-7,9-10,18H2,1H3. The van der Waals surface area contributed by atoms with Gasteiger partial charge in [-0.15, -0.1) is 0 Å². The normalized spacial score (nSPS) is 17.5. The first kappa shape index (κ1) is 16.2. The molecule has 1 amide bonds. The number of carbonyl (C=O) groups is 1. The van der Waals surface area contributed by atoms with Crippen LogP contribution in [0.1, 0.15) is 18.4 Å². The second kappa shape index (κ2) is 6.73. The summed E-state index contributed by atoms with van der Waals surface area (Å²) in [4.78, 5) is 14.3. The fraction of sp³-hybridized carbons (Fsp3) is 0.533. The Labute approximate surface area is 129 Å². The summed E-state index contributed by atoms with van der Waals surface area (Å²) in [5.74, 6) is -0.394. The summed E-state index contributed by atoms with van der Waals surface area (Å²) in [7, 11) is 1.72. The lowest BCUT2D eigenvalue weighted by Gasteiger charge is -2.37. The topological polar surface area (TPSA) is 55.6 Å². The molecule has 0 bridgehead atoms. The monoisotopic (exact) mass is 314 g/mol. The number of rotatable bonds is 4. The van der Waals surface area contributed by atoms with E-state index >= 15 is 0 Å². The van der Waals surface area contributed by atoms with Crippen LogP contribution < -0.4 is 5.73 Å². The van der Waals surface area contributed by atoms with Crippen LogP contribution in [0.25, 0.3) is 0 Å². The Morgan fingerprint density at radius 1 is 1.48 bits per heavy atom. The van der Waals surface area contributed by atoms with Crippen molar-refractivity contribution in [1.82, 2.24) is 4.90 Å². The number of hydrogen-bond acceptors (Lipinski definition) is 3. The highest BCUT2D eigenvalue weighted by molar-refractivity contribution is 6.31. The van der Waals surface area contributed by atoms with E-state index in [-0.39, 0.29) is 11.7 Å². The predicted molar refractivity (Wildman–Crippen MR) is 79.4 cm³/mol. The van der Waals surface area contributed by atoms with Gasteiger partial charge in [0.2, 0.25) is 5.91 Å². The average molecular weight is 315 g/mol. The van der Waals surface area contributed by atoms with Gasteiger partial charge in [0.15, 0.2) is 0 Å². The van der Waals surface area contributed by atoms with Gasteiger partial charge in [0.05, 0.1) is 5.41 Å². The molecule has 1 aliphatic rings. The van der Waals surface area contributed by atoms with Gasteiger partial charge in [-0.3, -0.25) is 4.79 Å². The maximum atomic E-state index is 13.1. The molecular formula is C15H20ClFN2O2. The minimum absolute atomic E-state index is 0.00584. The van der Waals surface area contributed by atoms with Crippen molar-refractivity contribution in [3.63, 3.8) is 0 Å². The van der Waals surface area contributed by atoms with E-state index in [4.69, 9.17) is 22.1 Å². The number of nitrogens with zero attached hydrogens (tertiary/aromatic N) is 1. The lowest BCUT2D eigenvalue weighted by Crippen LogP contribution is -2.49. The molecule has 0 unspecified atom stereocenters. The van der Waals surface area contributed by atoms with Crippen LogP contribution >= 0.6 is 11.6 Å². The van der Waals surface area contributed by atoms with Crippen LogP contribution in [0.15, 0.2) is 18.2 Å². The molecule has 0 aromatic heterocycles. The van der Waals surface area contributed by atoms with Gasteiger partial charge in [-0.05, 0) is 30.5 Å². The van der Waals surface area contributed by atoms with E-state index in [0.29, 0.717) is 49.7 Å². The molecule has 1 saturated heterocycles. The van der Waals surface area contributed by atoms with Crippen LogP contribution in [0.5, 0.6) is 0 Å². The molecule has 6 heteroatoms. The first-order valence-electron chi connectivity index (χ1n) is 6.96. The second-order valence-corrected chi connectivity index (χ2v) is 5.90. The van der Waals surface area contributed by atoms with E-state index in [9.17, 15) is 9.18 Å². The van der Waals surface area contributed by atoms with Gasteiger partial charge in [-0.1, -0.05) is 17.7 Å². The van der Waals surface area contributed by atoms with Crippen LogP contribution in [0.3, 0.4) is 0 Å². The Bertz CT molecular complexity index is 518. The number of carbonyl (C=O) groups excluding carboxylic acids is 1. The molecule has 0 aliphatic carbocycles. The van der Waals surface area contributed by atoms with Gasteiger partial charge in [-0.2, -0.15) is 0 Å².